The Morgan fingerprint density at radius 2 is 2.00 bits per heavy atom. The molecule has 6 nitrogen and oxygen atoms in total. The highest BCUT2D eigenvalue weighted by molar-refractivity contribution is 5.95. The molecule has 1 aromatic heterocycles. The van der Waals surface area contributed by atoms with Crippen LogP contribution in [-0.2, 0) is 10.3 Å². The van der Waals surface area contributed by atoms with Gasteiger partial charge in [-0.05, 0) is 34.6 Å². The van der Waals surface area contributed by atoms with E-state index in [0.29, 0.717) is 12.1 Å². The van der Waals surface area contributed by atoms with E-state index in [2.05, 4.69) is 5.10 Å². The first-order valence-corrected chi connectivity index (χ1v) is 6.74. The third-order valence-electron chi connectivity index (χ3n) is 3.14. The molecular weight excluding hydrogens is 258 g/mol. The zero-order valence-corrected chi connectivity index (χ0v) is 12.8. The molecule has 0 saturated carbocycles. The maximum Gasteiger partial charge on any atom is 0.305 e. The maximum absolute atomic E-state index is 12.4. The smallest absolute Gasteiger partial charge is 0.305 e. The number of hydrogen-bond donors (Lipinski definition) is 1. The van der Waals surface area contributed by atoms with Gasteiger partial charge < -0.3 is 10.0 Å². The van der Waals surface area contributed by atoms with E-state index in [1.807, 2.05) is 39.3 Å². The summed E-state index contributed by atoms with van der Waals surface area (Å²) in [5, 5.41) is 13.0. The number of amides is 1. The Bertz CT molecular complexity index is 500. The van der Waals surface area contributed by atoms with Crippen LogP contribution in [0.4, 0.5) is 0 Å². The second-order valence-electron chi connectivity index (χ2n) is 5.75. The Balaban J connectivity index is 2.96. The predicted molar refractivity (Wildman–Crippen MR) is 75.8 cm³/mol. The number of carboxylic acids is 1. The van der Waals surface area contributed by atoms with Gasteiger partial charge in [0.25, 0.3) is 5.91 Å². The van der Waals surface area contributed by atoms with Gasteiger partial charge in [0.05, 0.1) is 23.7 Å². The number of rotatable bonds is 5. The standard InChI is InChI=1S/C14H23N3O3/c1-6-16(8-7-12(18)19)13(20)11-9-15-17(10(11)2)14(3,4)5/h9H,6-8H2,1-5H3,(H,18,19). The second-order valence-corrected chi connectivity index (χ2v) is 5.75. The van der Waals surface area contributed by atoms with Gasteiger partial charge in [-0.25, -0.2) is 0 Å². The normalized spacial score (nSPS) is 11.4. The summed E-state index contributed by atoms with van der Waals surface area (Å²) >= 11 is 0. The third-order valence-corrected chi connectivity index (χ3v) is 3.14. The van der Waals surface area contributed by atoms with Gasteiger partial charge in [-0.3, -0.25) is 14.3 Å². The van der Waals surface area contributed by atoms with E-state index in [9.17, 15) is 9.59 Å². The number of carbonyl (C=O) groups is 2. The first-order chi connectivity index (χ1) is 9.18. The molecule has 0 radical (unpaired) electrons. The quantitative estimate of drug-likeness (QED) is 0.894. The van der Waals surface area contributed by atoms with Gasteiger partial charge >= 0.3 is 5.97 Å². The second kappa shape index (κ2) is 6.07. The Morgan fingerprint density at radius 1 is 1.40 bits per heavy atom. The molecule has 0 atom stereocenters. The van der Waals surface area contributed by atoms with Crippen molar-refractivity contribution in [2.45, 2.75) is 46.6 Å². The molecule has 1 rings (SSSR count). The van der Waals surface area contributed by atoms with E-state index in [0.717, 1.165) is 5.69 Å². The molecule has 1 aromatic rings. The van der Waals surface area contributed by atoms with Crippen LogP contribution in [0.25, 0.3) is 0 Å². The first kappa shape index (κ1) is 16.2. The third kappa shape index (κ3) is 3.59. The Labute approximate surface area is 119 Å². The van der Waals surface area contributed by atoms with Crippen LogP contribution in [0.3, 0.4) is 0 Å². The molecule has 0 aliphatic heterocycles. The molecule has 0 spiro atoms. The van der Waals surface area contributed by atoms with Crippen LogP contribution in [0.5, 0.6) is 0 Å². The highest BCUT2D eigenvalue weighted by Gasteiger charge is 2.24. The molecule has 0 aliphatic rings. The highest BCUT2D eigenvalue weighted by atomic mass is 16.4. The van der Waals surface area contributed by atoms with Crippen molar-refractivity contribution in [2.75, 3.05) is 13.1 Å². The van der Waals surface area contributed by atoms with Crippen molar-refractivity contribution in [3.8, 4) is 0 Å². The van der Waals surface area contributed by atoms with Crippen molar-refractivity contribution in [3.05, 3.63) is 17.5 Å². The van der Waals surface area contributed by atoms with Crippen molar-refractivity contribution >= 4 is 11.9 Å². The van der Waals surface area contributed by atoms with E-state index >= 15 is 0 Å². The maximum atomic E-state index is 12.4. The van der Waals surface area contributed by atoms with E-state index in [4.69, 9.17) is 5.11 Å². The minimum atomic E-state index is -0.904. The molecule has 0 fully saturated rings. The lowest BCUT2D eigenvalue weighted by Gasteiger charge is -2.23. The summed E-state index contributed by atoms with van der Waals surface area (Å²) in [6, 6.07) is 0. The monoisotopic (exact) mass is 281 g/mol. The van der Waals surface area contributed by atoms with Crippen molar-refractivity contribution in [2.24, 2.45) is 0 Å². The van der Waals surface area contributed by atoms with Crippen LogP contribution in [0, 0.1) is 6.92 Å². The van der Waals surface area contributed by atoms with Gasteiger partial charge in [-0.1, -0.05) is 0 Å². The molecule has 6 heteroatoms. The van der Waals surface area contributed by atoms with E-state index in [1.165, 1.54) is 4.90 Å². The lowest BCUT2D eigenvalue weighted by molar-refractivity contribution is -0.137. The van der Waals surface area contributed by atoms with Gasteiger partial charge in [0.1, 0.15) is 0 Å². The Kier molecular flexibility index (Phi) is 4.92. The van der Waals surface area contributed by atoms with Crippen molar-refractivity contribution in [1.82, 2.24) is 14.7 Å². The predicted octanol–water partition coefficient (Wildman–Crippen LogP) is 1.88. The minimum Gasteiger partial charge on any atom is -0.481 e. The molecule has 0 unspecified atom stereocenters. The molecule has 20 heavy (non-hydrogen) atoms. The molecule has 0 saturated heterocycles. The summed E-state index contributed by atoms with van der Waals surface area (Å²) in [5.74, 6) is -1.07. The fraction of sp³-hybridized carbons (Fsp3) is 0.643. The summed E-state index contributed by atoms with van der Waals surface area (Å²) in [7, 11) is 0. The summed E-state index contributed by atoms with van der Waals surface area (Å²) in [4.78, 5) is 24.6. The van der Waals surface area contributed by atoms with Gasteiger partial charge in [0.15, 0.2) is 0 Å². The number of aliphatic carboxylic acids is 1. The van der Waals surface area contributed by atoms with E-state index < -0.39 is 5.97 Å². The number of hydrogen-bond acceptors (Lipinski definition) is 3. The first-order valence-electron chi connectivity index (χ1n) is 6.74. The summed E-state index contributed by atoms with van der Waals surface area (Å²) in [6.07, 6.45) is 1.51. The largest absolute Gasteiger partial charge is 0.481 e. The van der Waals surface area contributed by atoms with Crippen LogP contribution < -0.4 is 0 Å². The Morgan fingerprint density at radius 3 is 2.40 bits per heavy atom. The van der Waals surface area contributed by atoms with Crippen LogP contribution in [0.1, 0.15) is 50.2 Å². The molecule has 1 N–H and O–H groups in total. The zero-order chi connectivity index (χ0) is 15.5. The lowest BCUT2D eigenvalue weighted by Crippen LogP contribution is -2.33. The van der Waals surface area contributed by atoms with Gasteiger partial charge in [0.2, 0.25) is 0 Å². The van der Waals surface area contributed by atoms with Gasteiger partial charge in [-0.2, -0.15) is 5.10 Å². The highest BCUT2D eigenvalue weighted by Crippen LogP contribution is 2.19. The molecular formula is C14H23N3O3. The fourth-order valence-corrected chi connectivity index (χ4v) is 2.10. The molecule has 112 valence electrons. The number of nitrogens with zero attached hydrogens (tertiary/aromatic N) is 3. The van der Waals surface area contributed by atoms with Gasteiger partial charge in [0, 0.05) is 18.8 Å². The minimum absolute atomic E-state index is 0.0496. The zero-order valence-electron chi connectivity index (χ0n) is 12.8. The topological polar surface area (TPSA) is 75.4 Å². The molecule has 0 aromatic carbocycles. The van der Waals surface area contributed by atoms with E-state index in [-0.39, 0.29) is 24.4 Å². The van der Waals surface area contributed by atoms with Crippen LogP contribution >= 0.6 is 0 Å². The summed E-state index contributed by atoms with van der Waals surface area (Å²) < 4.78 is 1.81. The van der Waals surface area contributed by atoms with Crippen molar-refractivity contribution < 1.29 is 14.7 Å². The average Bonchev–Trinajstić information content (AvgIpc) is 2.70. The van der Waals surface area contributed by atoms with Crippen molar-refractivity contribution in [3.63, 3.8) is 0 Å². The molecule has 0 bridgehead atoms. The van der Waals surface area contributed by atoms with Crippen LogP contribution in [0.2, 0.25) is 0 Å². The fourth-order valence-electron chi connectivity index (χ4n) is 2.10. The molecule has 0 aliphatic carbocycles. The summed E-state index contributed by atoms with van der Waals surface area (Å²) in [5.41, 5.74) is 1.14. The summed E-state index contributed by atoms with van der Waals surface area (Å²) in [6.45, 7) is 10.4. The Hall–Kier alpha value is -1.85. The number of carboxylic acid groups (broad SMARTS) is 1. The molecule has 1 heterocycles. The molecule has 1 amide bonds. The lowest BCUT2D eigenvalue weighted by atomic mass is 10.1. The van der Waals surface area contributed by atoms with Gasteiger partial charge in [-0.15, -0.1) is 0 Å². The number of aromatic nitrogens is 2. The van der Waals surface area contributed by atoms with E-state index in [1.54, 1.807) is 6.20 Å². The number of carbonyl (C=O) groups excluding carboxylic acids is 1. The van der Waals surface area contributed by atoms with Crippen LogP contribution in [0.15, 0.2) is 6.20 Å². The average molecular weight is 281 g/mol. The van der Waals surface area contributed by atoms with Crippen LogP contribution in [-0.4, -0.2) is 44.8 Å². The van der Waals surface area contributed by atoms with Crippen molar-refractivity contribution in [1.29, 1.82) is 0 Å². The SMILES string of the molecule is CCN(CCC(=O)O)C(=O)c1cnn(C(C)(C)C)c1C.